The fourth-order valence-corrected chi connectivity index (χ4v) is 5.77. The third-order valence-corrected chi connectivity index (χ3v) is 8.29. The van der Waals surface area contributed by atoms with E-state index in [1.807, 2.05) is 12.1 Å². The van der Waals surface area contributed by atoms with Crippen molar-refractivity contribution in [3.63, 3.8) is 0 Å². The molecule has 0 heterocycles. The molecule has 0 unspecified atom stereocenters. The third-order valence-electron chi connectivity index (χ3n) is 8.29. The summed E-state index contributed by atoms with van der Waals surface area (Å²) in [6.07, 6.45) is 0. The van der Waals surface area contributed by atoms with E-state index in [1.54, 1.807) is 0 Å². The first-order valence-electron chi connectivity index (χ1n) is 14.8. The van der Waals surface area contributed by atoms with Gasteiger partial charge in [-0.05, 0) is 85.3 Å². The molecule has 0 N–H and O–H groups in total. The Morgan fingerprint density at radius 1 is 0.302 bits per heavy atom. The van der Waals surface area contributed by atoms with Crippen LogP contribution in [0.15, 0.2) is 156 Å². The lowest BCUT2D eigenvalue weighted by Gasteiger charge is -2.37. The fraction of sp³-hybridized carbons (Fsp3) is 0.122. The molecule has 0 fully saturated rings. The Balaban J connectivity index is 1.39. The standard InChI is InChI=1S/C41H36N2/c1-29-5-13-33(14-6-29)34-15-25-39(26-16-34)42-43-40-27-23-38(24-28-40)41(35-17-7-30(2)8-18-35,36-19-9-31(3)10-20-36)37-21-11-32(4)12-22-37/h5-28H,1-4H3. The molecule has 0 aliphatic rings. The van der Waals surface area contributed by atoms with Gasteiger partial charge in [0.15, 0.2) is 0 Å². The van der Waals surface area contributed by atoms with Crippen molar-refractivity contribution < 1.29 is 0 Å². The molecule has 0 spiro atoms. The zero-order chi connectivity index (χ0) is 29.8. The molecule has 0 aliphatic carbocycles. The first-order valence-corrected chi connectivity index (χ1v) is 14.8. The van der Waals surface area contributed by atoms with Gasteiger partial charge >= 0.3 is 0 Å². The molecule has 210 valence electrons. The lowest BCUT2D eigenvalue weighted by atomic mass is 9.65. The maximum atomic E-state index is 4.59. The van der Waals surface area contributed by atoms with Gasteiger partial charge in [0.05, 0.1) is 16.8 Å². The van der Waals surface area contributed by atoms with E-state index in [-0.39, 0.29) is 0 Å². The van der Waals surface area contributed by atoms with E-state index in [0.29, 0.717) is 0 Å². The molecule has 0 radical (unpaired) electrons. The molecular formula is C41H36N2. The molecule has 0 amide bonds. The molecule has 0 saturated heterocycles. The molecule has 0 atom stereocenters. The number of nitrogens with zero attached hydrogens (tertiary/aromatic N) is 2. The molecule has 6 rings (SSSR count). The van der Waals surface area contributed by atoms with Crippen LogP contribution < -0.4 is 0 Å². The van der Waals surface area contributed by atoms with Crippen LogP contribution >= 0.6 is 0 Å². The van der Waals surface area contributed by atoms with Crippen LogP contribution in [0.1, 0.15) is 44.5 Å². The maximum absolute atomic E-state index is 4.59. The van der Waals surface area contributed by atoms with E-state index in [0.717, 1.165) is 11.4 Å². The molecular weight excluding hydrogens is 520 g/mol. The topological polar surface area (TPSA) is 24.7 Å². The quantitative estimate of drug-likeness (QED) is 0.138. The molecule has 6 aromatic carbocycles. The number of aryl methyl sites for hydroxylation is 4. The molecule has 43 heavy (non-hydrogen) atoms. The van der Waals surface area contributed by atoms with Gasteiger partial charge in [0.25, 0.3) is 0 Å². The summed E-state index contributed by atoms with van der Waals surface area (Å²) in [4.78, 5) is 0. The van der Waals surface area contributed by atoms with E-state index in [9.17, 15) is 0 Å². The maximum Gasteiger partial charge on any atom is 0.0857 e. The van der Waals surface area contributed by atoms with Crippen molar-refractivity contribution in [2.75, 3.05) is 0 Å². The number of benzene rings is 6. The number of hydrogen-bond acceptors (Lipinski definition) is 2. The molecule has 6 aromatic rings. The highest BCUT2D eigenvalue weighted by Crippen LogP contribution is 2.45. The van der Waals surface area contributed by atoms with Crippen molar-refractivity contribution in [2.45, 2.75) is 33.1 Å². The molecule has 0 aliphatic heterocycles. The second-order valence-corrected chi connectivity index (χ2v) is 11.5. The van der Waals surface area contributed by atoms with Crippen molar-refractivity contribution in [3.05, 3.63) is 190 Å². The van der Waals surface area contributed by atoms with E-state index in [1.165, 1.54) is 55.6 Å². The van der Waals surface area contributed by atoms with Gasteiger partial charge in [-0.2, -0.15) is 10.2 Å². The number of rotatable bonds is 7. The Labute approximate surface area is 255 Å². The Bertz CT molecular complexity index is 1720. The minimum Gasteiger partial charge on any atom is -0.151 e. The summed E-state index contributed by atoms with van der Waals surface area (Å²) in [5, 5.41) is 9.14. The van der Waals surface area contributed by atoms with Crippen LogP contribution in [-0.2, 0) is 5.41 Å². The second kappa shape index (κ2) is 12.0. The van der Waals surface area contributed by atoms with Crippen LogP contribution in [0.2, 0.25) is 0 Å². The zero-order valence-corrected chi connectivity index (χ0v) is 25.3. The normalized spacial score (nSPS) is 11.6. The molecule has 2 nitrogen and oxygen atoms in total. The Morgan fingerprint density at radius 3 is 0.860 bits per heavy atom. The van der Waals surface area contributed by atoms with Crippen molar-refractivity contribution in [1.29, 1.82) is 0 Å². The van der Waals surface area contributed by atoms with Gasteiger partial charge in [-0.25, -0.2) is 0 Å². The highest BCUT2D eigenvalue weighted by atomic mass is 15.1. The minimum atomic E-state index is -0.490. The van der Waals surface area contributed by atoms with Gasteiger partial charge in [0.2, 0.25) is 0 Å². The summed E-state index contributed by atoms with van der Waals surface area (Å²) in [5.41, 5.74) is 13.4. The van der Waals surface area contributed by atoms with Crippen molar-refractivity contribution in [2.24, 2.45) is 10.2 Å². The largest absolute Gasteiger partial charge is 0.151 e. The van der Waals surface area contributed by atoms with Crippen molar-refractivity contribution >= 4 is 11.4 Å². The van der Waals surface area contributed by atoms with Crippen molar-refractivity contribution in [1.82, 2.24) is 0 Å². The fourth-order valence-electron chi connectivity index (χ4n) is 5.77. The second-order valence-electron chi connectivity index (χ2n) is 11.5. The van der Waals surface area contributed by atoms with Gasteiger partial charge in [-0.3, -0.25) is 0 Å². The molecule has 2 heteroatoms. The predicted octanol–water partition coefficient (Wildman–Crippen LogP) is 11.4. The summed E-state index contributed by atoms with van der Waals surface area (Å²) < 4.78 is 0. The third kappa shape index (κ3) is 5.82. The van der Waals surface area contributed by atoms with Crippen LogP contribution in [0.4, 0.5) is 11.4 Å². The molecule has 0 aromatic heterocycles. The number of azo groups is 1. The summed E-state index contributed by atoms with van der Waals surface area (Å²) in [6, 6.07) is 52.2. The summed E-state index contributed by atoms with van der Waals surface area (Å²) in [5.74, 6) is 0. The van der Waals surface area contributed by atoms with Crippen LogP contribution in [-0.4, -0.2) is 0 Å². The lowest BCUT2D eigenvalue weighted by Crippen LogP contribution is -2.31. The van der Waals surface area contributed by atoms with Gasteiger partial charge in [-0.1, -0.05) is 144 Å². The van der Waals surface area contributed by atoms with Crippen molar-refractivity contribution in [3.8, 4) is 11.1 Å². The number of hydrogen-bond donors (Lipinski definition) is 0. The highest BCUT2D eigenvalue weighted by molar-refractivity contribution is 5.66. The SMILES string of the molecule is Cc1ccc(-c2ccc(N=Nc3ccc(C(c4ccc(C)cc4)(c4ccc(C)cc4)c4ccc(C)cc4)cc3)cc2)cc1. The zero-order valence-electron chi connectivity index (χ0n) is 25.3. The van der Waals surface area contributed by atoms with Gasteiger partial charge in [0.1, 0.15) is 0 Å². The van der Waals surface area contributed by atoms with Crippen LogP contribution in [0, 0.1) is 27.7 Å². The highest BCUT2D eigenvalue weighted by Gasteiger charge is 2.38. The average molecular weight is 557 g/mol. The first kappa shape index (κ1) is 28.1. The predicted molar refractivity (Wildman–Crippen MR) is 180 cm³/mol. The minimum absolute atomic E-state index is 0.490. The van der Waals surface area contributed by atoms with Crippen LogP contribution in [0.5, 0.6) is 0 Å². The lowest BCUT2D eigenvalue weighted by molar-refractivity contribution is 0.744. The monoisotopic (exact) mass is 556 g/mol. The summed E-state index contributed by atoms with van der Waals surface area (Å²) in [7, 11) is 0. The Hall–Kier alpha value is -5.08. The molecule has 0 bridgehead atoms. The average Bonchev–Trinajstić information content (AvgIpc) is 3.04. The summed E-state index contributed by atoms with van der Waals surface area (Å²) >= 11 is 0. The van der Waals surface area contributed by atoms with E-state index >= 15 is 0 Å². The van der Waals surface area contributed by atoms with Crippen LogP contribution in [0.3, 0.4) is 0 Å². The van der Waals surface area contributed by atoms with Gasteiger partial charge < -0.3 is 0 Å². The first-order chi connectivity index (χ1) is 20.9. The van der Waals surface area contributed by atoms with E-state index < -0.39 is 5.41 Å². The smallest absolute Gasteiger partial charge is 0.0857 e. The summed E-state index contributed by atoms with van der Waals surface area (Å²) in [6.45, 7) is 8.52. The Morgan fingerprint density at radius 2 is 0.535 bits per heavy atom. The molecule has 0 saturated carbocycles. The van der Waals surface area contributed by atoms with Gasteiger partial charge in [0, 0.05) is 0 Å². The van der Waals surface area contributed by atoms with E-state index in [4.69, 9.17) is 0 Å². The van der Waals surface area contributed by atoms with E-state index in [2.05, 4.69) is 171 Å². The van der Waals surface area contributed by atoms with Crippen LogP contribution in [0.25, 0.3) is 11.1 Å². The van der Waals surface area contributed by atoms with Gasteiger partial charge in [-0.15, -0.1) is 0 Å². The Kier molecular flexibility index (Phi) is 7.85.